The standard InChI is InChI=1S/C22H18N2S2/c1-25-20-14-23-21(22(24-20)26-2)17-12-10-16(11-13-17)19-9-5-7-15-6-3-4-8-18(15)19/h3-14H,1-2H3. The number of aromatic nitrogens is 2. The Morgan fingerprint density at radius 2 is 1.46 bits per heavy atom. The first kappa shape index (κ1) is 17.1. The number of fused-ring (bicyclic) bond motifs is 1. The summed E-state index contributed by atoms with van der Waals surface area (Å²) in [5, 5.41) is 4.45. The van der Waals surface area contributed by atoms with Crippen LogP contribution >= 0.6 is 23.5 Å². The minimum atomic E-state index is 0.944. The van der Waals surface area contributed by atoms with Crippen molar-refractivity contribution in [2.45, 2.75) is 10.1 Å². The number of hydrogen-bond acceptors (Lipinski definition) is 4. The molecule has 0 radical (unpaired) electrons. The van der Waals surface area contributed by atoms with Crippen molar-refractivity contribution in [3.05, 3.63) is 72.9 Å². The summed E-state index contributed by atoms with van der Waals surface area (Å²) in [5.41, 5.74) is 4.51. The first-order chi connectivity index (χ1) is 12.8. The van der Waals surface area contributed by atoms with E-state index in [1.165, 1.54) is 21.9 Å². The molecule has 2 nitrogen and oxygen atoms in total. The maximum absolute atomic E-state index is 4.67. The molecule has 3 aromatic carbocycles. The number of nitrogens with zero attached hydrogens (tertiary/aromatic N) is 2. The van der Waals surface area contributed by atoms with Crippen molar-refractivity contribution in [1.82, 2.24) is 9.97 Å². The van der Waals surface area contributed by atoms with Crippen LogP contribution in [0.5, 0.6) is 0 Å². The van der Waals surface area contributed by atoms with E-state index < -0.39 is 0 Å². The second-order valence-corrected chi connectivity index (χ2v) is 7.50. The zero-order chi connectivity index (χ0) is 17.9. The van der Waals surface area contributed by atoms with E-state index in [1.807, 2.05) is 18.7 Å². The molecule has 0 spiro atoms. The molecule has 0 unspecified atom stereocenters. The number of rotatable bonds is 4. The fourth-order valence-corrected chi connectivity index (χ4v) is 4.03. The molecular formula is C22H18N2S2. The van der Waals surface area contributed by atoms with Crippen LogP contribution in [-0.4, -0.2) is 22.5 Å². The molecule has 4 heteroatoms. The average molecular weight is 375 g/mol. The molecule has 4 aromatic rings. The van der Waals surface area contributed by atoms with Gasteiger partial charge in [-0.15, -0.1) is 23.5 Å². The molecule has 0 N–H and O–H groups in total. The molecule has 128 valence electrons. The predicted molar refractivity (Wildman–Crippen MR) is 114 cm³/mol. The molecule has 0 fully saturated rings. The van der Waals surface area contributed by atoms with Crippen LogP contribution in [0.25, 0.3) is 33.2 Å². The van der Waals surface area contributed by atoms with Crippen LogP contribution in [0.15, 0.2) is 83.0 Å². The Labute approximate surface area is 162 Å². The summed E-state index contributed by atoms with van der Waals surface area (Å²) < 4.78 is 0. The fraction of sp³-hybridized carbons (Fsp3) is 0.0909. The third-order valence-electron chi connectivity index (χ3n) is 4.38. The quantitative estimate of drug-likeness (QED) is 0.386. The molecule has 0 amide bonds. The Morgan fingerprint density at radius 3 is 2.23 bits per heavy atom. The minimum absolute atomic E-state index is 0.944. The highest BCUT2D eigenvalue weighted by atomic mass is 32.2. The van der Waals surface area contributed by atoms with Crippen molar-refractivity contribution in [2.24, 2.45) is 0 Å². The van der Waals surface area contributed by atoms with E-state index in [0.717, 1.165) is 21.3 Å². The summed E-state index contributed by atoms with van der Waals surface area (Å²) in [5.74, 6) is 0. The number of thioether (sulfide) groups is 2. The van der Waals surface area contributed by atoms with Crippen molar-refractivity contribution in [3.8, 4) is 22.4 Å². The Balaban J connectivity index is 1.76. The first-order valence-corrected chi connectivity index (χ1v) is 10.8. The van der Waals surface area contributed by atoms with Crippen LogP contribution in [-0.2, 0) is 0 Å². The topological polar surface area (TPSA) is 25.8 Å². The summed E-state index contributed by atoms with van der Waals surface area (Å²) in [6.45, 7) is 0. The van der Waals surface area contributed by atoms with Crippen LogP contribution in [0.4, 0.5) is 0 Å². The lowest BCUT2D eigenvalue weighted by atomic mass is 9.97. The van der Waals surface area contributed by atoms with Gasteiger partial charge in [-0.05, 0) is 34.4 Å². The second kappa shape index (κ2) is 7.52. The molecule has 1 heterocycles. The van der Waals surface area contributed by atoms with Gasteiger partial charge in [0.1, 0.15) is 15.7 Å². The van der Waals surface area contributed by atoms with Crippen molar-refractivity contribution in [1.29, 1.82) is 0 Å². The van der Waals surface area contributed by atoms with Crippen LogP contribution in [0.1, 0.15) is 0 Å². The highest BCUT2D eigenvalue weighted by Gasteiger charge is 2.10. The van der Waals surface area contributed by atoms with E-state index in [1.54, 1.807) is 23.5 Å². The normalized spacial score (nSPS) is 11.0. The Morgan fingerprint density at radius 1 is 0.731 bits per heavy atom. The number of benzene rings is 3. The second-order valence-electron chi connectivity index (χ2n) is 5.87. The fourth-order valence-electron chi connectivity index (χ4n) is 3.08. The molecule has 0 saturated carbocycles. The lowest BCUT2D eigenvalue weighted by Crippen LogP contribution is -1.93. The van der Waals surface area contributed by atoms with Gasteiger partial charge in [-0.3, -0.25) is 4.98 Å². The summed E-state index contributed by atoms with van der Waals surface area (Å²) in [6, 6.07) is 23.6. The molecule has 4 rings (SSSR count). The van der Waals surface area contributed by atoms with Gasteiger partial charge in [-0.2, -0.15) is 0 Å². The van der Waals surface area contributed by atoms with Crippen molar-refractivity contribution >= 4 is 34.3 Å². The summed E-state index contributed by atoms with van der Waals surface area (Å²) in [4.78, 5) is 9.31. The van der Waals surface area contributed by atoms with E-state index >= 15 is 0 Å². The number of hydrogen-bond donors (Lipinski definition) is 0. The van der Waals surface area contributed by atoms with E-state index in [2.05, 4.69) is 76.7 Å². The zero-order valence-electron chi connectivity index (χ0n) is 14.6. The smallest absolute Gasteiger partial charge is 0.123 e. The predicted octanol–water partition coefficient (Wildman–Crippen LogP) is 6.41. The molecule has 0 aliphatic heterocycles. The molecule has 1 aromatic heterocycles. The SMILES string of the molecule is CSc1cnc(-c2ccc(-c3cccc4ccccc34)cc2)c(SC)n1. The molecule has 0 aliphatic carbocycles. The highest BCUT2D eigenvalue weighted by molar-refractivity contribution is 7.99. The Kier molecular flexibility index (Phi) is 4.96. The molecule has 0 aliphatic rings. The van der Waals surface area contributed by atoms with E-state index in [9.17, 15) is 0 Å². The summed E-state index contributed by atoms with van der Waals surface area (Å²) in [6.07, 6.45) is 5.91. The van der Waals surface area contributed by atoms with Gasteiger partial charge < -0.3 is 0 Å². The van der Waals surface area contributed by atoms with E-state index in [4.69, 9.17) is 0 Å². The van der Waals surface area contributed by atoms with Crippen LogP contribution in [0.3, 0.4) is 0 Å². The Bertz CT molecular complexity index is 1050. The lowest BCUT2D eigenvalue weighted by Gasteiger charge is -2.10. The van der Waals surface area contributed by atoms with Gasteiger partial charge in [-0.1, -0.05) is 66.7 Å². The van der Waals surface area contributed by atoms with Gasteiger partial charge in [-0.25, -0.2) is 4.98 Å². The maximum atomic E-state index is 4.67. The maximum Gasteiger partial charge on any atom is 0.123 e. The van der Waals surface area contributed by atoms with Crippen molar-refractivity contribution in [2.75, 3.05) is 12.5 Å². The molecule has 26 heavy (non-hydrogen) atoms. The van der Waals surface area contributed by atoms with Gasteiger partial charge in [0.05, 0.1) is 6.20 Å². The van der Waals surface area contributed by atoms with Gasteiger partial charge in [0.15, 0.2) is 0 Å². The average Bonchev–Trinajstić information content (AvgIpc) is 2.73. The van der Waals surface area contributed by atoms with Crippen LogP contribution < -0.4 is 0 Å². The largest absolute Gasteiger partial charge is 0.251 e. The molecule has 0 atom stereocenters. The van der Waals surface area contributed by atoms with Crippen molar-refractivity contribution < 1.29 is 0 Å². The van der Waals surface area contributed by atoms with Crippen molar-refractivity contribution in [3.63, 3.8) is 0 Å². The highest BCUT2D eigenvalue weighted by Crippen LogP contribution is 2.32. The minimum Gasteiger partial charge on any atom is -0.251 e. The third-order valence-corrected chi connectivity index (χ3v) is 5.67. The zero-order valence-corrected chi connectivity index (χ0v) is 16.3. The van der Waals surface area contributed by atoms with E-state index in [-0.39, 0.29) is 0 Å². The lowest BCUT2D eigenvalue weighted by molar-refractivity contribution is 0.957. The van der Waals surface area contributed by atoms with E-state index in [0.29, 0.717) is 0 Å². The van der Waals surface area contributed by atoms with Gasteiger partial charge in [0.25, 0.3) is 0 Å². The third kappa shape index (κ3) is 3.22. The molecule has 0 saturated heterocycles. The molecular weight excluding hydrogens is 356 g/mol. The van der Waals surface area contributed by atoms with Gasteiger partial charge in [0.2, 0.25) is 0 Å². The van der Waals surface area contributed by atoms with Gasteiger partial charge >= 0.3 is 0 Å². The van der Waals surface area contributed by atoms with Crippen LogP contribution in [0, 0.1) is 0 Å². The Hall–Kier alpha value is -2.30. The van der Waals surface area contributed by atoms with Gasteiger partial charge in [0, 0.05) is 5.56 Å². The molecule has 0 bridgehead atoms. The first-order valence-electron chi connectivity index (χ1n) is 8.34. The summed E-state index contributed by atoms with van der Waals surface area (Å²) in [7, 11) is 0. The summed E-state index contributed by atoms with van der Waals surface area (Å²) >= 11 is 3.25. The van der Waals surface area contributed by atoms with Crippen LogP contribution in [0.2, 0.25) is 0 Å². The monoisotopic (exact) mass is 374 g/mol.